The van der Waals surface area contributed by atoms with E-state index in [0.29, 0.717) is 6.42 Å². The maximum atomic E-state index is 13.4. The first-order valence-electron chi connectivity index (χ1n) is 8.86. The molecule has 2 aliphatic heterocycles. The molecule has 0 saturated carbocycles. The van der Waals surface area contributed by atoms with E-state index in [-0.39, 0.29) is 27.5 Å². The highest BCUT2D eigenvalue weighted by Gasteiger charge is 2.49. The molecule has 1 aromatic carbocycles. The summed E-state index contributed by atoms with van der Waals surface area (Å²) in [6.45, 7) is 5.85. The zero-order valence-electron chi connectivity index (χ0n) is 15.0. The highest BCUT2D eigenvalue weighted by molar-refractivity contribution is 8.18. The van der Waals surface area contributed by atoms with Crippen LogP contribution in [-0.4, -0.2) is 46.7 Å². The first kappa shape index (κ1) is 20.0. The Morgan fingerprint density at radius 2 is 1.88 bits per heavy atom. The molecular formula is C19H25NO3S3. The van der Waals surface area contributed by atoms with Gasteiger partial charge in [-0.2, -0.15) is 4.31 Å². The molecule has 0 aliphatic carbocycles. The van der Waals surface area contributed by atoms with Crippen LogP contribution in [0.1, 0.15) is 31.2 Å². The maximum Gasteiger partial charge on any atom is 0.243 e. The lowest BCUT2D eigenvalue weighted by Crippen LogP contribution is -2.55. The lowest BCUT2D eigenvalue weighted by molar-refractivity contribution is -0.108. The van der Waals surface area contributed by atoms with Crippen molar-refractivity contribution in [3.63, 3.8) is 0 Å². The number of benzene rings is 1. The van der Waals surface area contributed by atoms with Crippen LogP contribution in [0.4, 0.5) is 0 Å². The van der Waals surface area contributed by atoms with Crippen LogP contribution in [0.3, 0.4) is 0 Å². The number of thioether (sulfide) groups is 2. The molecular weight excluding hydrogens is 386 g/mol. The number of aryl methyl sites for hydroxylation is 1. The zero-order chi connectivity index (χ0) is 18.8. The summed E-state index contributed by atoms with van der Waals surface area (Å²) in [5, 5.41) is 0. The van der Waals surface area contributed by atoms with Crippen molar-refractivity contribution in [2.45, 2.75) is 53.7 Å². The van der Waals surface area contributed by atoms with Crippen LogP contribution in [0.2, 0.25) is 0 Å². The van der Waals surface area contributed by atoms with Gasteiger partial charge in [0.2, 0.25) is 10.0 Å². The monoisotopic (exact) mass is 411 g/mol. The number of hydrogen-bond acceptors (Lipinski definition) is 5. The first-order chi connectivity index (χ1) is 12.4. The van der Waals surface area contributed by atoms with Crippen LogP contribution in [0.5, 0.6) is 0 Å². The molecule has 7 heteroatoms. The number of hydrogen-bond donors (Lipinski definition) is 0. The summed E-state index contributed by atoms with van der Waals surface area (Å²) in [7, 11) is -3.68. The maximum absolute atomic E-state index is 13.4. The molecule has 2 aliphatic rings. The number of rotatable bonds is 5. The Hall–Kier alpha value is -0.760. The van der Waals surface area contributed by atoms with Crippen molar-refractivity contribution in [1.82, 2.24) is 4.31 Å². The molecule has 0 aromatic heterocycles. The largest absolute Gasteiger partial charge is 0.303 e. The molecule has 0 amide bonds. The van der Waals surface area contributed by atoms with Crippen LogP contribution in [0.15, 0.2) is 41.8 Å². The third-order valence-corrected chi connectivity index (χ3v) is 10.4. The van der Waals surface area contributed by atoms with E-state index in [2.05, 4.69) is 6.58 Å². The molecule has 1 spiro atoms. The van der Waals surface area contributed by atoms with Gasteiger partial charge in [0.15, 0.2) is 0 Å². The summed E-state index contributed by atoms with van der Waals surface area (Å²) in [6.07, 6.45) is 5.43. The van der Waals surface area contributed by atoms with Crippen molar-refractivity contribution in [2.24, 2.45) is 0 Å². The van der Waals surface area contributed by atoms with Gasteiger partial charge in [-0.25, -0.2) is 8.42 Å². The van der Waals surface area contributed by atoms with Gasteiger partial charge < -0.3 is 4.79 Å². The lowest BCUT2D eigenvalue weighted by atomic mass is 9.95. The van der Waals surface area contributed by atoms with Gasteiger partial charge in [-0.3, -0.25) is 0 Å². The summed E-state index contributed by atoms with van der Waals surface area (Å²) >= 11 is 3.85. The molecule has 2 saturated heterocycles. The van der Waals surface area contributed by atoms with E-state index in [0.717, 1.165) is 29.8 Å². The second kappa shape index (κ2) is 8.09. The Balaban J connectivity index is 1.98. The number of carbonyl (C=O) groups excluding carboxylic acids is 1. The molecule has 2 heterocycles. The number of aldehydes is 1. The summed E-state index contributed by atoms with van der Waals surface area (Å²) in [5.41, 5.74) is 1.02. The van der Waals surface area contributed by atoms with Crippen LogP contribution in [0.25, 0.3) is 0 Å². The molecule has 0 bridgehead atoms. The minimum absolute atomic E-state index is 0.00984. The van der Waals surface area contributed by atoms with Crippen LogP contribution in [0, 0.1) is 6.92 Å². The van der Waals surface area contributed by atoms with Gasteiger partial charge in [0.05, 0.1) is 8.97 Å². The Bertz CT molecular complexity index is 755. The van der Waals surface area contributed by atoms with Gasteiger partial charge in [0.25, 0.3) is 0 Å². The van der Waals surface area contributed by atoms with E-state index < -0.39 is 10.0 Å². The molecule has 26 heavy (non-hydrogen) atoms. The topological polar surface area (TPSA) is 54.5 Å². The second-order valence-corrected chi connectivity index (χ2v) is 11.9. The highest BCUT2D eigenvalue weighted by Crippen LogP contribution is 2.53. The Kier molecular flexibility index (Phi) is 6.22. The minimum atomic E-state index is -3.68. The smallest absolute Gasteiger partial charge is 0.243 e. The third kappa shape index (κ3) is 3.91. The van der Waals surface area contributed by atoms with E-state index in [4.69, 9.17) is 0 Å². The lowest BCUT2D eigenvalue weighted by Gasteiger charge is -2.49. The number of piperidine rings is 1. The summed E-state index contributed by atoms with van der Waals surface area (Å²) in [5.74, 6) is 2.19. The second-order valence-electron chi connectivity index (χ2n) is 6.88. The Labute approximate surface area is 164 Å². The number of carbonyl (C=O) groups is 1. The third-order valence-electron chi connectivity index (χ3n) is 5.01. The van der Waals surface area contributed by atoms with E-state index >= 15 is 0 Å². The van der Waals surface area contributed by atoms with Gasteiger partial charge in [-0.15, -0.1) is 30.1 Å². The van der Waals surface area contributed by atoms with Crippen molar-refractivity contribution >= 4 is 39.8 Å². The number of sulfonamides is 1. The van der Waals surface area contributed by atoms with Gasteiger partial charge in [-0.1, -0.05) is 23.8 Å². The predicted molar refractivity (Wildman–Crippen MR) is 110 cm³/mol. The Morgan fingerprint density at radius 3 is 2.46 bits per heavy atom. The summed E-state index contributed by atoms with van der Waals surface area (Å²) in [4.78, 5) is 11.6. The molecule has 0 unspecified atom stereocenters. The van der Waals surface area contributed by atoms with Gasteiger partial charge in [0.1, 0.15) is 6.29 Å². The fourth-order valence-corrected chi connectivity index (χ4v) is 9.09. The van der Waals surface area contributed by atoms with Gasteiger partial charge in [-0.05, 0) is 49.8 Å². The average molecular weight is 412 g/mol. The van der Waals surface area contributed by atoms with Crippen molar-refractivity contribution in [1.29, 1.82) is 0 Å². The van der Waals surface area contributed by atoms with Crippen LogP contribution < -0.4 is 0 Å². The number of nitrogens with zero attached hydrogens (tertiary/aromatic N) is 1. The fourth-order valence-electron chi connectivity index (χ4n) is 3.76. The zero-order valence-corrected chi connectivity index (χ0v) is 17.4. The van der Waals surface area contributed by atoms with Crippen molar-refractivity contribution in [2.75, 3.05) is 11.5 Å². The summed E-state index contributed by atoms with van der Waals surface area (Å²) < 4.78 is 28.3. The standard InChI is InChI=1S/C19H25NO3S3/c1-3-16-13-19(24-11-4-12-25-19)14-17(9-10-21)20(16)26(22,23)18-7-5-15(2)6-8-18/h3,5-8,10,16-17H,1,4,9,11-14H2,2H3/t16-,17+/m1/s1. The van der Waals surface area contributed by atoms with Crippen molar-refractivity contribution < 1.29 is 13.2 Å². The van der Waals surface area contributed by atoms with Crippen LogP contribution in [-0.2, 0) is 14.8 Å². The Morgan fingerprint density at radius 1 is 1.23 bits per heavy atom. The normalized spacial score (nSPS) is 26.5. The molecule has 2 fully saturated rings. The molecule has 3 rings (SSSR count). The van der Waals surface area contributed by atoms with Gasteiger partial charge in [0, 0.05) is 18.5 Å². The average Bonchev–Trinajstić information content (AvgIpc) is 2.62. The van der Waals surface area contributed by atoms with Crippen LogP contribution >= 0.6 is 23.5 Å². The van der Waals surface area contributed by atoms with Crippen molar-refractivity contribution in [3.05, 3.63) is 42.5 Å². The van der Waals surface area contributed by atoms with E-state index in [1.165, 1.54) is 6.42 Å². The molecule has 4 nitrogen and oxygen atoms in total. The van der Waals surface area contributed by atoms with Gasteiger partial charge >= 0.3 is 0 Å². The first-order valence-corrected chi connectivity index (χ1v) is 12.3. The predicted octanol–water partition coefficient (Wildman–Crippen LogP) is 3.86. The van der Waals surface area contributed by atoms with Crippen molar-refractivity contribution in [3.8, 4) is 0 Å². The fraction of sp³-hybridized carbons (Fsp3) is 0.526. The minimum Gasteiger partial charge on any atom is -0.303 e. The SMILES string of the molecule is C=C[C@@H]1CC2(C[C@H](CC=O)N1S(=O)(=O)c1ccc(C)cc1)SCCCS2. The molecule has 142 valence electrons. The van der Waals surface area contributed by atoms with E-state index in [1.807, 2.05) is 42.6 Å². The highest BCUT2D eigenvalue weighted by atomic mass is 32.2. The molecule has 1 aromatic rings. The van der Waals surface area contributed by atoms with E-state index in [1.54, 1.807) is 22.5 Å². The molecule has 0 N–H and O–H groups in total. The molecule has 0 radical (unpaired) electrons. The summed E-state index contributed by atoms with van der Waals surface area (Å²) in [6, 6.07) is 6.30. The molecule has 2 atom stereocenters. The quantitative estimate of drug-likeness (QED) is 0.544. The van der Waals surface area contributed by atoms with E-state index in [9.17, 15) is 13.2 Å².